The number of pyridine rings is 1. The third-order valence-electron chi connectivity index (χ3n) is 3.99. The average Bonchev–Trinajstić information content (AvgIpc) is 3.30. The van der Waals surface area contributed by atoms with Gasteiger partial charge in [-0.1, -0.05) is 23.7 Å². The van der Waals surface area contributed by atoms with E-state index in [2.05, 4.69) is 26.2 Å². The summed E-state index contributed by atoms with van der Waals surface area (Å²) in [5, 5.41) is 18.6. The van der Waals surface area contributed by atoms with Crippen LogP contribution in [0.25, 0.3) is 32.3 Å². The lowest BCUT2D eigenvalue weighted by molar-refractivity contribution is 1.10. The molecule has 7 heteroatoms. The first-order valence-corrected chi connectivity index (χ1v) is 8.98. The standard InChI is InChI=1S/C19H12ClN5S/c1-11-2-3-13(15(20)8-11)16-14(9-21)17(12-4-6-22-7-5-12)26-18(16)19-23-10-24-25-19/h2-8,10H,1H3,(H,23,24,25). The Kier molecular flexibility index (Phi) is 4.25. The Balaban J connectivity index is 2.06. The van der Waals surface area contributed by atoms with Crippen LogP contribution < -0.4 is 0 Å². The fourth-order valence-electron chi connectivity index (χ4n) is 2.81. The molecule has 0 fully saturated rings. The fourth-order valence-corrected chi connectivity index (χ4v) is 4.36. The van der Waals surface area contributed by atoms with Crippen molar-refractivity contribution >= 4 is 22.9 Å². The summed E-state index contributed by atoms with van der Waals surface area (Å²) >= 11 is 8.01. The molecule has 1 N–H and O–H groups in total. The van der Waals surface area contributed by atoms with Crippen LogP contribution in [0.5, 0.6) is 0 Å². The topological polar surface area (TPSA) is 78.2 Å². The number of aromatic nitrogens is 4. The molecule has 126 valence electrons. The van der Waals surface area contributed by atoms with Gasteiger partial charge in [0, 0.05) is 28.5 Å². The van der Waals surface area contributed by atoms with Gasteiger partial charge in [-0.25, -0.2) is 0 Å². The van der Waals surface area contributed by atoms with Crippen molar-refractivity contribution in [2.75, 3.05) is 0 Å². The quantitative estimate of drug-likeness (QED) is 0.539. The van der Waals surface area contributed by atoms with Crippen LogP contribution >= 0.6 is 22.9 Å². The van der Waals surface area contributed by atoms with Crippen molar-refractivity contribution in [2.45, 2.75) is 6.92 Å². The van der Waals surface area contributed by atoms with Crippen LogP contribution in [0.15, 0.2) is 49.1 Å². The van der Waals surface area contributed by atoms with Crippen molar-refractivity contribution < 1.29 is 0 Å². The first-order chi connectivity index (χ1) is 12.7. The maximum absolute atomic E-state index is 9.93. The van der Waals surface area contributed by atoms with Gasteiger partial charge in [0.05, 0.1) is 15.3 Å². The number of halogens is 1. The van der Waals surface area contributed by atoms with Gasteiger partial charge in [-0.15, -0.1) is 21.5 Å². The van der Waals surface area contributed by atoms with Gasteiger partial charge in [-0.05, 0) is 36.2 Å². The van der Waals surface area contributed by atoms with E-state index in [1.54, 1.807) is 12.4 Å². The van der Waals surface area contributed by atoms with Gasteiger partial charge in [0.15, 0.2) is 5.82 Å². The zero-order valence-electron chi connectivity index (χ0n) is 13.7. The summed E-state index contributed by atoms with van der Waals surface area (Å²) < 4.78 is 0. The van der Waals surface area contributed by atoms with Gasteiger partial charge < -0.3 is 4.98 Å². The molecule has 4 rings (SSSR count). The van der Waals surface area contributed by atoms with Gasteiger partial charge in [0.1, 0.15) is 12.4 Å². The minimum absolute atomic E-state index is 0.568. The zero-order valence-corrected chi connectivity index (χ0v) is 15.3. The number of H-pyrrole nitrogens is 1. The molecule has 0 spiro atoms. The molecule has 0 radical (unpaired) electrons. The third kappa shape index (κ3) is 2.77. The molecule has 0 bridgehead atoms. The van der Waals surface area contributed by atoms with E-state index in [-0.39, 0.29) is 0 Å². The van der Waals surface area contributed by atoms with Crippen LogP contribution in [0.2, 0.25) is 5.02 Å². The van der Waals surface area contributed by atoms with E-state index < -0.39 is 0 Å². The van der Waals surface area contributed by atoms with Gasteiger partial charge in [0.25, 0.3) is 0 Å². The second-order valence-corrected chi connectivity index (χ2v) is 7.11. The average molecular weight is 378 g/mol. The summed E-state index contributed by atoms with van der Waals surface area (Å²) in [5.74, 6) is 0.610. The third-order valence-corrected chi connectivity index (χ3v) is 5.55. The number of aromatic amines is 1. The van der Waals surface area contributed by atoms with Crippen molar-refractivity contribution in [1.29, 1.82) is 5.26 Å². The molecule has 0 saturated heterocycles. The Morgan fingerprint density at radius 2 is 1.96 bits per heavy atom. The van der Waals surface area contributed by atoms with Crippen molar-refractivity contribution in [2.24, 2.45) is 0 Å². The number of benzene rings is 1. The van der Waals surface area contributed by atoms with Gasteiger partial charge >= 0.3 is 0 Å². The number of rotatable bonds is 3. The minimum atomic E-state index is 0.568. The first kappa shape index (κ1) is 16.5. The maximum Gasteiger partial charge on any atom is 0.171 e. The number of thiophene rings is 1. The molecule has 0 amide bonds. The first-order valence-electron chi connectivity index (χ1n) is 7.79. The van der Waals surface area contributed by atoms with Crippen LogP contribution in [-0.4, -0.2) is 20.2 Å². The normalized spacial score (nSPS) is 10.7. The molecule has 0 aliphatic carbocycles. The molecule has 0 atom stereocenters. The Bertz CT molecular complexity index is 1110. The van der Waals surface area contributed by atoms with Gasteiger partial charge in [-0.2, -0.15) is 5.26 Å². The van der Waals surface area contributed by atoms with Crippen molar-refractivity contribution in [3.05, 3.63) is 65.2 Å². The second kappa shape index (κ2) is 6.71. The SMILES string of the molecule is Cc1ccc(-c2c(-c3nnc[nH]3)sc(-c3ccncc3)c2C#N)c(Cl)c1. The molecular weight excluding hydrogens is 366 g/mol. The fraction of sp³-hybridized carbons (Fsp3) is 0.0526. The number of aryl methyl sites for hydroxylation is 1. The Labute approximate surface area is 159 Å². The smallest absolute Gasteiger partial charge is 0.171 e. The van der Waals surface area contributed by atoms with E-state index in [9.17, 15) is 5.26 Å². The van der Waals surface area contributed by atoms with E-state index in [1.165, 1.54) is 17.7 Å². The van der Waals surface area contributed by atoms with E-state index in [4.69, 9.17) is 11.6 Å². The second-order valence-electron chi connectivity index (χ2n) is 5.68. The molecular formula is C19H12ClN5S. The number of nitriles is 1. The summed E-state index contributed by atoms with van der Waals surface area (Å²) in [4.78, 5) is 8.78. The monoisotopic (exact) mass is 377 g/mol. The Hall–Kier alpha value is -3.01. The lowest BCUT2D eigenvalue weighted by Gasteiger charge is -2.07. The van der Waals surface area contributed by atoms with Crippen LogP contribution in [-0.2, 0) is 0 Å². The van der Waals surface area contributed by atoms with Crippen molar-refractivity contribution in [1.82, 2.24) is 20.2 Å². The number of hydrogen-bond donors (Lipinski definition) is 1. The van der Waals surface area contributed by atoms with E-state index in [0.717, 1.165) is 32.0 Å². The lowest BCUT2D eigenvalue weighted by Crippen LogP contribution is -1.88. The summed E-state index contributed by atoms with van der Waals surface area (Å²) in [6.45, 7) is 1.98. The molecule has 26 heavy (non-hydrogen) atoms. The molecule has 0 saturated carbocycles. The van der Waals surface area contributed by atoms with Crippen LogP contribution in [0.1, 0.15) is 11.1 Å². The van der Waals surface area contributed by atoms with Gasteiger partial charge in [0.2, 0.25) is 0 Å². The summed E-state index contributed by atoms with van der Waals surface area (Å²) in [6.07, 6.45) is 4.94. The molecule has 5 nitrogen and oxygen atoms in total. The highest BCUT2D eigenvalue weighted by atomic mass is 35.5. The number of nitrogens with zero attached hydrogens (tertiary/aromatic N) is 4. The molecule has 0 aliphatic heterocycles. The largest absolute Gasteiger partial charge is 0.327 e. The van der Waals surface area contributed by atoms with E-state index in [1.807, 2.05) is 37.3 Å². The molecule has 3 aromatic heterocycles. The lowest BCUT2D eigenvalue weighted by atomic mass is 9.98. The van der Waals surface area contributed by atoms with Crippen LogP contribution in [0.3, 0.4) is 0 Å². The van der Waals surface area contributed by atoms with Crippen molar-refractivity contribution in [3.8, 4) is 38.3 Å². The summed E-state index contributed by atoms with van der Waals surface area (Å²) in [5.41, 5.74) is 4.13. The Morgan fingerprint density at radius 3 is 2.62 bits per heavy atom. The highest BCUT2D eigenvalue weighted by molar-refractivity contribution is 7.19. The molecule has 1 aromatic carbocycles. The number of nitrogens with one attached hydrogen (secondary N) is 1. The molecule has 4 aromatic rings. The van der Waals surface area contributed by atoms with E-state index >= 15 is 0 Å². The van der Waals surface area contributed by atoms with Crippen LogP contribution in [0, 0.1) is 18.3 Å². The molecule has 0 aliphatic rings. The predicted octanol–water partition coefficient (Wildman–Crippen LogP) is 5.10. The summed E-state index contributed by atoms with van der Waals surface area (Å²) in [7, 11) is 0. The zero-order chi connectivity index (χ0) is 18.1. The highest BCUT2D eigenvalue weighted by Crippen LogP contribution is 2.47. The van der Waals surface area contributed by atoms with Crippen molar-refractivity contribution in [3.63, 3.8) is 0 Å². The van der Waals surface area contributed by atoms with Gasteiger partial charge in [-0.3, -0.25) is 4.98 Å². The minimum Gasteiger partial charge on any atom is -0.327 e. The molecule has 3 heterocycles. The maximum atomic E-state index is 9.93. The highest BCUT2D eigenvalue weighted by Gasteiger charge is 2.24. The molecule has 0 unspecified atom stereocenters. The summed E-state index contributed by atoms with van der Waals surface area (Å²) in [6, 6.07) is 11.9. The Morgan fingerprint density at radius 1 is 1.15 bits per heavy atom. The van der Waals surface area contributed by atoms with E-state index in [0.29, 0.717) is 16.4 Å². The van der Waals surface area contributed by atoms with Crippen LogP contribution in [0.4, 0.5) is 0 Å². The number of hydrogen-bond acceptors (Lipinski definition) is 5. The predicted molar refractivity (Wildman–Crippen MR) is 103 cm³/mol.